The summed E-state index contributed by atoms with van der Waals surface area (Å²) in [6.07, 6.45) is 2.99. The van der Waals surface area contributed by atoms with Gasteiger partial charge in [-0.1, -0.05) is 42.2 Å². The van der Waals surface area contributed by atoms with Crippen molar-refractivity contribution in [3.8, 4) is 11.8 Å². The van der Waals surface area contributed by atoms with Crippen molar-refractivity contribution in [3.63, 3.8) is 0 Å². The summed E-state index contributed by atoms with van der Waals surface area (Å²) in [4.78, 5) is 14.4. The highest BCUT2D eigenvalue weighted by molar-refractivity contribution is 7.28. The minimum atomic E-state index is -0.564. The summed E-state index contributed by atoms with van der Waals surface area (Å²) in [5.41, 5.74) is 9.75. The average Bonchev–Trinajstić information content (AvgIpc) is 3.28. The van der Waals surface area contributed by atoms with Gasteiger partial charge in [-0.3, -0.25) is 10.00 Å². The summed E-state index contributed by atoms with van der Waals surface area (Å²) in [5.74, 6) is 12.6. The number of thiophene rings is 2. The van der Waals surface area contributed by atoms with Gasteiger partial charge in [0, 0.05) is 21.3 Å². The third-order valence-corrected chi connectivity index (χ3v) is 8.21. The molecule has 0 bridgehead atoms. The van der Waals surface area contributed by atoms with Crippen LogP contribution in [0.15, 0.2) is 53.8 Å². The molecule has 0 radical (unpaired) electrons. The minimum absolute atomic E-state index is 0.182. The molecule has 11 heteroatoms. The van der Waals surface area contributed by atoms with E-state index in [-0.39, 0.29) is 12.0 Å². The number of hydrazine groups is 1. The van der Waals surface area contributed by atoms with E-state index in [0.717, 1.165) is 32.7 Å². The van der Waals surface area contributed by atoms with Crippen LogP contribution in [0.4, 0.5) is 10.6 Å². The number of amides is 1. The number of nitrogens with one attached hydrogen (secondary N) is 2. The number of nitrogens with zero attached hydrogens (tertiary/aromatic N) is 3. The molecule has 1 aliphatic carbocycles. The highest BCUT2D eigenvalue weighted by Crippen LogP contribution is 2.52. The van der Waals surface area contributed by atoms with Crippen molar-refractivity contribution in [1.29, 1.82) is 0 Å². The van der Waals surface area contributed by atoms with Gasteiger partial charge in [0.15, 0.2) is 0 Å². The first-order valence-electron chi connectivity index (χ1n) is 10.8. The van der Waals surface area contributed by atoms with Crippen LogP contribution in [-0.2, 0) is 23.8 Å². The van der Waals surface area contributed by atoms with Crippen LogP contribution in [0.2, 0.25) is 0 Å². The van der Waals surface area contributed by atoms with Gasteiger partial charge in [0.1, 0.15) is 18.3 Å². The van der Waals surface area contributed by atoms with Gasteiger partial charge in [0.05, 0.1) is 22.1 Å². The van der Waals surface area contributed by atoms with Crippen LogP contribution in [0.25, 0.3) is 9.40 Å². The Morgan fingerprint density at radius 1 is 1.23 bits per heavy atom. The van der Waals surface area contributed by atoms with E-state index in [4.69, 9.17) is 16.3 Å². The summed E-state index contributed by atoms with van der Waals surface area (Å²) in [7, 11) is 1.74. The number of fused-ring (bicyclic) bond motifs is 1. The number of nitrogens with two attached hydrogens (primary N) is 2. The van der Waals surface area contributed by atoms with Gasteiger partial charge in [-0.2, -0.15) is 10.2 Å². The van der Waals surface area contributed by atoms with Crippen molar-refractivity contribution in [2.24, 2.45) is 23.7 Å². The molecule has 5 rings (SSSR count). The van der Waals surface area contributed by atoms with Gasteiger partial charge < -0.3 is 10.5 Å². The van der Waals surface area contributed by atoms with Crippen LogP contribution in [0.5, 0.6) is 0 Å². The lowest BCUT2D eigenvalue weighted by Gasteiger charge is -2.11. The van der Waals surface area contributed by atoms with E-state index >= 15 is 0 Å². The number of amidine groups is 1. The zero-order chi connectivity index (χ0) is 24.4. The predicted octanol–water partition coefficient (Wildman–Crippen LogP) is 3.61. The van der Waals surface area contributed by atoms with Crippen LogP contribution in [0.1, 0.15) is 33.7 Å². The molecule has 0 aliphatic heterocycles. The normalized spacial score (nSPS) is 14.3. The van der Waals surface area contributed by atoms with Crippen molar-refractivity contribution in [2.75, 3.05) is 5.32 Å². The first-order chi connectivity index (χ1) is 17.0. The Kier molecular flexibility index (Phi) is 6.17. The number of aromatic nitrogens is 2. The molecule has 1 aliphatic rings. The number of anilines is 1. The number of ether oxygens (including phenoxy) is 1. The van der Waals surface area contributed by atoms with E-state index in [1.165, 1.54) is 4.88 Å². The second-order valence-corrected chi connectivity index (χ2v) is 10.3. The Hall–Kier alpha value is -3.85. The van der Waals surface area contributed by atoms with Crippen molar-refractivity contribution in [3.05, 3.63) is 69.5 Å². The Labute approximate surface area is 209 Å². The van der Waals surface area contributed by atoms with Crippen molar-refractivity contribution < 1.29 is 9.53 Å². The fourth-order valence-electron chi connectivity index (χ4n) is 3.73. The largest absolute Gasteiger partial charge is 0.444 e. The number of hydrogen-bond donors (Lipinski definition) is 4. The van der Waals surface area contributed by atoms with Crippen LogP contribution >= 0.6 is 22.7 Å². The molecular formula is C24H23N7O2S2. The van der Waals surface area contributed by atoms with Gasteiger partial charge in [0.25, 0.3) is 0 Å². The molecule has 6 N–H and O–H groups in total. The highest BCUT2D eigenvalue weighted by atomic mass is 32.1. The zero-order valence-electron chi connectivity index (χ0n) is 18.9. The van der Waals surface area contributed by atoms with E-state index in [1.54, 1.807) is 40.6 Å². The number of carbonyl (C=O) groups excluding carboxylic acids is 1. The van der Waals surface area contributed by atoms with Crippen molar-refractivity contribution in [2.45, 2.75) is 24.9 Å². The zero-order valence-corrected chi connectivity index (χ0v) is 20.5. The highest BCUT2D eigenvalue weighted by Gasteiger charge is 2.49. The number of hydrazone groups is 1. The van der Waals surface area contributed by atoms with Crippen molar-refractivity contribution in [1.82, 2.24) is 15.3 Å². The summed E-state index contributed by atoms with van der Waals surface area (Å²) in [6.45, 7) is 0.182. The fourth-order valence-corrected chi connectivity index (χ4v) is 6.23. The number of carbonyl (C=O) groups is 1. The van der Waals surface area contributed by atoms with Gasteiger partial charge in [-0.15, -0.1) is 22.7 Å². The minimum Gasteiger partial charge on any atom is -0.444 e. The molecule has 1 saturated carbocycles. The standard InChI is InChI=1S/C24H23N7O2S2/c1-31-21(28-23(32)33-14-15-5-3-2-4-6-15)16(13-27-31)7-8-17-11-18-19(34-17)12-20(35-18)24(9-10-24)22(25)29-30-26/h2-6,11-13,30H,9-10,14,26H2,1H3,(H2,25,29)(H,28,32). The predicted molar refractivity (Wildman–Crippen MR) is 139 cm³/mol. The molecule has 35 heavy (non-hydrogen) atoms. The number of benzene rings is 1. The molecule has 0 atom stereocenters. The molecule has 178 valence electrons. The van der Waals surface area contributed by atoms with E-state index < -0.39 is 6.09 Å². The van der Waals surface area contributed by atoms with Crippen LogP contribution in [0, 0.1) is 11.8 Å². The lowest BCUT2D eigenvalue weighted by molar-refractivity contribution is 0.155. The molecule has 0 saturated heterocycles. The van der Waals surface area contributed by atoms with Gasteiger partial charge in [-0.25, -0.2) is 16.2 Å². The first kappa shape index (κ1) is 22.9. The molecule has 3 aromatic heterocycles. The molecule has 0 unspecified atom stereocenters. The number of rotatable bonds is 6. The smallest absolute Gasteiger partial charge is 0.413 e. The van der Waals surface area contributed by atoms with Crippen molar-refractivity contribution >= 4 is 49.8 Å². The Bertz CT molecular complexity index is 1440. The van der Waals surface area contributed by atoms with E-state index in [2.05, 4.69) is 45.0 Å². The van der Waals surface area contributed by atoms with E-state index in [0.29, 0.717) is 17.2 Å². The van der Waals surface area contributed by atoms with Crippen LogP contribution < -0.4 is 22.4 Å². The summed E-state index contributed by atoms with van der Waals surface area (Å²) >= 11 is 3.32. The maximum atomic E-state index is 12.3. The topological polar surface area (TPSA) is 133 Å². The number of aryl methyl sites for hydroxylation is 1. The maximum absolute atomic E-state index is 12.3. The Morgan fingerprint density at radius 2 is 2.00 bits per heavy atom. The molecule has 1 amide bonds. The molecule has 1 fully saturated rings. The van der Waals surface area contributed by atoms with E-state index in [9.17, 15) is 4.79 Å². The van der Waals surface area contributed by atoms with Crippen LogP contribution in [-0.4, -0.2) is 21.7 Å². The molecule has 0 spiro atoms. The second-order valence-electron chi connectivity index (χ2n) is 8.13. The van der Waals surface area contributed by atoms with Crippen LogP contribution in [0.3, 0.4) is 0 Å². The first-order valence-corrected chi connectivity index (χ1v) is 12.5. The molecule has 9 nitrogen and oxygen atoms in total. The van der Waals surface area contributed by atoms with E-state index in [1.807, 2.05) is 30.3 Å². The Morgan fingerprint density at radius 3 is 2.71 bits per heavy atom. The second kappa shape index (κ2) is 9.42. The molecule has 4 aromatic rings. The lowest BCUT2D eigenvalue weighted by Crippen LogP contribution is -2.32. The van der Waals surface area contributed by atoms with Gasteiger partial charge in [-0.05, 0) is 30.5 Å². The summed E-state index contributed by atoms with van der Waals surface area (Å²) in [6, 6.07) is 13.7. The quantitative estimate of drug-likeness (QED) is 0.104. The third kappa shape index (κ3) is 4.72. The van der Waals surface area contributed by atoms with Gasteiger partial charge in [0.2, 0.25) is 0 Å². The summed E-state index contributed by atoms with van der Waals surface area (Å²) < 4.78 is 9.19. The number of hydrogen-bond acceptors (Lipinski definition) is 8. The molecular weight excluding hydrogens is 482 g/mol. The monoisotopic (exact) mass is 505 g/mol. The fraction of sp³-hybridized carbons (Fsp3) is 0.208. The average molecular weight is 506 g/mol. The SMILES string of the molecule is Cn1ncc(C#Cc2cc3sc(C4(/C(N)=N/NN)CC4)cc3s2)c1NC(=O)OCc1ccccc1. The third-order valence-electron chi connectivity index (χ3n) is 5.80. The Balaban J connectivity index is 1.29. The molecule has 3 heterocycles. The molecule has 1 aromatic carbocycles. The summed E-state index contributed by atoms with van der Waals surface area (Å²) in [5, 5.41) is 11.0. The maximum Gasteiger partial charge on any atom is 0.413 e. The van der Waals surface area contributed by atoms with Gasteiger partial charge >= 0.3 is 6.09 Å². The lowest BCUT2D eigenvalue weighted by atomic mass is 10.0.